The molecule has 2 N–H and O–H groups in total. The number of carbonyl (C=O) groups excluding carboxylic acids is 1. The van der Waals surface area contributed by atoms with Crippen LogP contribution in [0.5, 0.6) is 0 Å². The highest BCUT2D eigenvalue weighted by atomic mass is 79.9. The van der Waals surface area contributed by atoms with Gasteiger partial charge >= 0.3 is 5.97 Å². The van der Waals surface area contributed by atoms with Crippen molar-refractivity contribution in [3.63, 3.8) is 0 Å². The normalized spacial score (nSPS) is 18.1. The van der Waals surface area contributed by atoms with Gasteiger partial charge in [-0.25, -0.2) is 4.79 Å². The van der Waals surface area contributed by atoms with Crippen molar-refractivity contribution in [1.29, 1.82) is 0 Å². The number of hydrogen-bond acceptors (Lipinski definition) is 4. The maximum absolute atomic E-state index is 12.2. The van der Waals surface area contributed by atoms with Crippen molar-refractivity contribution in [3.05, 3.63) is 28.5 Å². The number of likely N-dealkylation sites (tertiary alicyclic amines) is 1. The fourth-order valence-corrected chi connectivity index (χ4v) is 2.43. The summed E-state index contributed by atoms with van der Waals surface area (Å²) >= 11 is 3.26. The minimum absolute atomic E-state index is 0.0385. The van der Waals surface area contributed by atoms with E-state index in [1.807, 2.05) is 0 Å². The van der Waals surface area contributed by atoms with E-state index in [4.69, 9.17) is 5.11 Å². The summed E-state index contributed by atoms with van der Waals surface area (Å²) in [6, 6.07) is 1.60. The molecule has 1 aromatic heterocycles. The number of rotatable bonds is 2. The van der Waals surface area contributed by atoms with Gasteiger partial charge in [-0.2, -0.15) is 0 Å². The Bertz CT molecular complexity index is 512. The molecule has 6 nitrogen and oxygen atoms in total. The van der Waals surface area contributed by atoms with Gasteiger partial charge in [-0.3, -0.25) is 9.78 Å². The van der Waals surface area contributed by atoms with Crippen LogP contribution in [0.25, 0.3) is 0 Å². The van der Waals surface area contributed by atoms with Crippen molar-refractivity contribution in [2.45, 2.75) is 18.4 Å². The monoisotopic (exact) mass is 328 g/mol. The van der Waals surface area contributed by atoms with Crippen LogP contribution in [0.3, 0.4) is 0 Å². The van der Waals surface area contributed by atoms with Gasteiger partial charge in [0.2, 0.25) is 0 Å². The molecule has 1 aliphatic heterocycles. The fraction of sp³-hybridized carbons (Fsp3) is 0.417. The third-order valence-electron chi connectivity index (χ3n) is 3.28. The Kier molecular flexibility index (Phi) is 3.86. The van der Waals surface area contributed by atoms with Gasteiger partial charge in [-0.15, -0.1) is 0 Å². The standard InChI is InChI=1S/C12H13BrN2O4/c13-9-7-14-4-1-8(9)10(16)15-5-2-12(19,3-6-15)11(17)18/h1,4,7,19H,2-3,5-6H2,(H,17,18). The van der Waals surface area contributed by atoms with Crippen LogP contribution >= 0.6 is 15.9 Å². The van der Waals surface area contributed by atoms with Crippen LogP contribution in [-0.2, 0) is 4.79 Å². The summed E-state index contributed by atoms with van der Waals surface area (Å²) in [5.41, 5.74) is -1.23. The van der Waals surface area contributed by atoms with Crippen LogP contribution in [-0.4, -0.2) is 50.7 Å². The maximum Gasteiger partial charge on any atom is 0.335 e. The summed E-state index contributed by atoms with van der Waals surface area (Å²) in [4.78, 5) is 28.6. The van der Waals surface area contributed by atoms with Crippen LogP contribution in [0, 0.1) is 0 Å². The molecule has 0 saturated carbocycles. The minimum atomic E-state index is -1.72. The van der Waals surface area contributed by atoms with E-state index in [0.717, 1.165) is 0 Å². The molecule has 0 atom stereocenters. The number of hydrogen-bond donors (Lipinski definition) is 2. The topological polar surface area (TPSA) is 90.7 Å². The number of carbonyl (C=O) groups is 2. The van der Waals surface area contributed by atoms with Crippen molar-refractivity contribution in [2.24, 2.45) is 0 Å². The second kappa shape index (κ2) is 5.26. The van der Waals surface area contributed by atoms with Crippen molar-refractivity contribution in [2.75, 3.05) is 13.1 Å². The molecule has 0 aliphatic carbocycles. The summed E-state index contributed by atoms with van der Waals surface area (Å²) in [7, 11) is 0. The highest BCUT2D eigenvalue weighted by molar-refractivity contribution is 9.10. The van der Waals surface area contributed by atoms with E-state index in [1.165, 1.54) is 17.3 Å². The molecule has 2 rings (SSSR count). The van der Waals surface area contributed by atoms with E-state index in [0.29, 0.717) is 10.0 Å². The summed E-state index contributed by atoms with van der Waals surface area (Å²) in [5, 5.41) is 18.7. The molecule has 7 heteroatoms. The number of halogens is 1. The van der Waals surface area contributed by atoms with Crippen LogP contribution in [0.15, 0.2) is 22.9 Å². The van der Waals surface area contributed by atoms with Gasteiger partial charge in [-0.1, -0.05) is 0 Å². The lowest BCUT2D eigenvalue weighted by atomic mass is 9.91. The number of amides is 1. The maximum atomic E-state index is 12.2. The zero-order valence-electron chi connectivity index (χ0n) is 10.0. The number of piperidine rings is 1. The van der Waals surface area contributed by atoms with Crippen molar-refractivity contribution in [3.8, 4) is 0 Å². The molecule has 0 unspecified atom stereocenters. The van der Waals surface area contributed by atoms with Gasteiger partial charge in [0, 0.05) is 42.8 Å². The zero-order chi connectivity index (χ0) is 14.0. The Morgan fingerprint density at radius 3 is 2.53 bits per heavy atom. The molecule has 0 spiro atoms. The van der Waals surface area contributed by atoms with Crippen LogP contribution < -0.4 is 0 Å². The summed E-state index contributed by atoms with van der Waals surface area (Å²) in [5.74, 6) is -1.42. The van der Waals surface area contributed by atoms with Crippen molar-refractivity contribution in [1.82, 2.24) is 9.88 Å². The predicted octanol–water partition coefficient (Wildman–Crippen LogP) is 0.896. The van der Waals surface area contributed by atoms with Crippen LogP contribution in [0.4, 0.5) is 0 Å². The quantitative estimate of drug-likeness (QED) is 0.841. The zero-order valence-corrected chi connectivity index (χ0v) is 11.6. The second-order valence-corrected chi connectivity index (χ2v) is 5.34. The van der Waals surface area contributed by atoms with Gasteiger partial charge in [0.25, 0.3) is 5.91 Å². The lowest BCUT2D eigenvalue weighted by molar-refractivity contribution is -0.162. The molecule has 2 heterocycles. The molecule has 1 fully saturated rings. The number of carboxylic acids is 1. The Hall–Kier alpha value is -1.47. The first-order valence-electron chi connectivity index (χ1n) is 5.78. The molecule has 102 valence electrons. The molecule has 1 amide bonds. The van der Waals surface area contributed by atoms with Gasteiger partial charge in [-0.05, 0) is 22.0 Å². The molecule has 1 saturated heterocycles. The third kappa shape index (κ3) is 2.76. The molecular weight excluding hydrogens is 316 g/mol. The Labute approximate surface area is 118 Å². The van der Waals surface area contributed by atoms with Crippen molar-refractivity contribution >= 4 is 27.8 Å². The first-order valence-corrected chi connectivity index (χ1v) is 6.58. The number of aliphatic carboxylic acids is 1. The van der Waals surface area contributed by atoms with Crippen molar-refractivity contribution < 1.29 is 19.8 Å². The third-order valence-corrected chi connectivity index (χ3v) is 3.91. The molecule has 0 aromatic carbocycles. The first-order chi connectivity index (χ1) is 8.94. The van der Waals surface area contributed by atoms with Gasteiger partial charge in [0.1, 0.15) is 0 Å². The number of aliphatic hydroxyl groups is 1. The van der Waals surface area contributed by atoms with Gasteiger partial charge in [0.15, 0.2) is 5.60 Å². The number of aromatic nitrogens is 1. The summed E-state index contributed by atoms with van der Waals surface area (Å²) in [6.07, 6.45) is 3.13. The van der Waals surface area contributed by atoms with Crippen LogP contribution in [0.1, 0.15) is 23.2 Å². The highest BCUT2D eigenvalue weighted by Gasteiger charge is 2.40. The number of pyridine rings is 1. The Morgan fingerprint density at radius 2 is 2.00 bits per heavy atom. The van der Waals surface area contributed by atoms with E-state index in [9.17, 15) is 14.7 Å². The Morgan fingerprint density at radius 1 is 1.37 bits per heavy atom. The van der Waals surface area contributed by atoms with E-state index < -0.39 is 11.6 Å². The van der Waals surface area contributed by atoms with E-state index in [2.05, 4.69) is 20.9 Å². The molecule has 0 radical (unpaired) electrons. The van der Waals surface area contributed by atoms with E-state index in [1.54, 1.807) is 6.07 Å². The predicted molar refractivity (Wildman–Crippen MR) is 69.7 cm³/mol. The second-order valence-electron chi connectivity index (χ2n) is 4.48. The Balaban J connectivity index is 2.08. The fourth-order valence-electron chi connectivity index (χ4n) is 2.01. The first kappa shape index (κ1) is 14.0. The number of carboxylic acid groups (broad SMARTS) is 1. The SMILES string of the molecule is O=C(c1ccncc1Br)N1CCC(O)(C(=O)O)CC1. The molecule has 1 aromatic rings. The molecular formula is C12H13BrN2O4. The van der Waals surface area contributed by atoms with Crippen LogP contribution in [0.2, 0.25) is 0 Å². The smallest absolute Gasteiger partial charge is 0.335 e. The lowest BCUT2D eigenvalue weighted by Crippen LogP contribution is -2.50. The van der Waals surface area contributed by atoms with E-state index in [-0.39, 0.29) is 31.8 Å². The van der Waals surface area contributed by atoms with Gasteiger partial charge in [0.05, 0.1) is 5.56 Å². The largest absolute Gasteiger partial charge is 0.479 e. The van der Waals surface area contributed by atoms with E-state index >= 15 is 0 Å². The molecule has 1 aliphatic rings. The average molecular weight is 329 g/mol. The summed E-state index contributed by atoms with van der Waals surface area (Å²) < 4.78 is 0.596. The number of nitrogens with zero attached hydrogens (tertiary/aromatic N) is 2. The molecule has 19 heavy (non-hydrogen) atoms. The summed E-state index contributed by atoms with van der Waals surface area (Å²) in [6.45, 7) is 0.437. The average Bonchev–Trinajstić information content (AvgIpc) is 2.39. The molecule has 0 bridgehead atoms. The highest BCUT2D eigenvalue weighted by Crippen LogP contribution is 2.25. The lowest BCUT2D eigenvalue weighted by Gasteiger charge is -2.35. The van der Waals surface area contributed by atoms with Gasteiger partial charge < -0.3 is 15.1 Å². The minimum Gasteiger partial charge on any atom is -0.479 e.